The highest BCUT2D eigenvalue weighted by Crippen LogP contribution is 2.35. The van der Waals surface area contributed by atoms with Gasteiger partial charge in [-0.25, -0.2) is 9.97 Å². The zero-order chi connectivity index (χ0) is 37.7. The third kappa shape index (κ3) is 7.56. The maximum Gasteiger partial charge on any atom is 0.254 e. The number of anilines is 3. The lowest BCUT2D eigenvalue weighted by Crippen LogP contribution is -2.32. The second-order valence-electron chi connectivity index (χ2n) is 12.4. The molecule has 0 aromatic carbocycles. The molecule has 0 saturated heterocycles. The van der Waals surface area contributed by atoms with Crippen molar-refractivity contribution in [3.8, 4) is 44.9 Å². The smallest absolute Gasteiger partial charge is 0.254 e. The van der Waals surface area contributed by atoms with Crippen molar-refractivity contribution < 1.29 is 9.59 Å². The molecular formula is C38H31N15O2. The van der Waals surface area contributed by atoms with Crippen LogP contribution in [0, 0.1) is 13.8 Å². The van der Waals surface area contributed by atoms with Crippen LogP contribution >= 0.6 is 0 Å². The van der Waals surface area contributed by atoms with Gasteiger partial charge < -0.3 is 5.32 Å². The number of hydrogen-bond acceptors (Lipinski definition) is 12. The van der Waals surface area contributed by atoms with Crippen LogP contribution in [0.5, 0.6) is 0 Å². The summed E-state index contributed by atoms with van der Waals surface area (Å²) in [4.78, 5) is 60.5. The van der Waals surface area contributed by atoms with Gasteiger partial charge in [-0.15, -0.1) is 0 Å². The van der Waals surface area contributed by atoms with E-state index in [0.717, 1.165) is 33.6 Å². The molecular weight excluding hydrogens is 699 g/mol. The van der Waals surface area contributed by atoms with E-state index < -0.39 is 11.8 Å². The lowest BCUT2D eigenvalue weighted by Gasteiger charge is -2.25. The van der Waals surface area contributed by atoms with E-state index in [1.54, 1.807) is 103 Å². The van der Waals surface area contributed by atoms with Crippen LogP contribution in [0.15, 0.2) is 117 Å². The maximum atomic E-state index is 14.7. The molecule has 17 heteroatoms. The summed E-state index contributed by atoms with van der Waals surface area (Å²) >= 11 is 0. The normalized spacial score (nSPS) is 11.0. The van der Waals surface area contributed by atoms with Gasteiger partial charge in [-0.05, 0) is 49.7 Å². The molecule has 8 heterocycles. The number of hydrogen-bond donors (Lipinski definition) is 2. The first-order valence-corrected chi connectivity index (χ1v) is 17.0. The van der Waals surface area contributed by atoms with Crippen LogP contribution in [0.3, 0.4) is 0 Å². The molecule has 17 nitrogen and oxygen atoms in total. The van der Waals surface area contributed by atoms with Crippen molar-refractivity contribution in [2.24, 2.45) is 0 Å². The van der Waals surface area contributed by atoms with Gasteiger partial charge in [-0.3, -0.25) is 53.9 Å². The molecule has 0 radical (unpaired) electrons. The Morgan fingerprint density at radius 2 is 1.51 bits per heavy atom. The molecule has 55 heavy (non-hydrogen) atoms. The molecule has 0 bridgehead atoms. The molecule has 0 unspecified atom stereocenters. The summed E-state index contributed by atoms with van der Waals surface area (Å²) in [6, 6.07) is 9.03. The second kappa shape index (κ2) is 15.0. The summed E-state index contributed by atoms with van der Waals surface area (Å²) in [6.45, 7) is 3.54. The Kier molecular flexibility index (Phi) is 9.37. The van der Waals surface area contributed by atoms with E-state index in [2.05, 4.69) is 50.5 Å². The minimum Gasteiger partial charge on any atom is -0.307 e. The number of pyridine rings is 3. The van der Waals surface area contributed by atoms with E-state index >= 15 is 0 Å². The van der Waals surface area contributed by atoms with Gasteiger partial charge in [0, 0.05) is 95.5 Å². The predicted molar refractivity (Wildman–Crippen MR) is 201 cm³/mol. The van der Waals surface area contributed by atoms with E-state index in [-0.39, 0.29) is 30.4 Å². The zero-order valence-electron chi connectivity index (χ0n) is 29.5. The van der Waals surface area contributed by atoms with Crippen molar-refractivity contribution in [2.45, 2.75) is 26.9 Å². The molecule has 0 saturated carbocycles. The molecule has 8 aromatic heterocycles. The SMILES string of the molecule is Cc1cc(-c2nn(CC(=O)N(c3ccc(-c4cnccn4)cn3)c3cc(-c4cnccn4)cnc3NC(=O)Cn3cc(-c4cn[nH]c4)cn3)cc2C)ccn1. The summed E-state index contributed by atoms with van der Waals surface area (Å²) in [5, 5.41) is 18.8. The van der Waals surface area contributed by atoms with Crippen molar-refractivity contribution in [1.29, 1.82) is 0 Å². The minimum atomic E-state index is -0.429. The van der Waals surface area contributed by atoms with Crippen molar-refractivity contribution in [3.05, 3.63) is 128 Å². The van der Waals surface area contributed by atoms with Crippen LogP contribution in [-0.2, 0) is 22.7 Å². The largest absolute Gasteiger partial charge is 0.307 e. The average molecular weight is 730 g/mol. The number of nitrogens with zero attached hydrogens (tertiary/aromatic N) is 13. The van der Waals surface area contributed by atoms with Gasteiger partial charge >= 0.3 is 0 Å². The van der Waals surface area contributed by atoms with Crippen LogP contribution in [0.1, 0.15) is 11.3 Å². The van der Waals surface area contributed by atoms with Gasteiger partial charge in [0.05, 0.1) is 47.6 Å². The first-order valence-electron chi connectivity index (χ1n) is 17.0. The van der Waals surface area contributed by atoms with E-state index in [9.17, 15) is 9.59 Å². The van der Waals surface area contributed by atoms with Gasteiger partial charge in [-0.2, -0.15) is 15.3 Å². The number of aromatic nitrogens is 13. The van der Waals surface area contributed by atoms with E-state index in [0.29, 0.717) is 22.5 Å². The van der Waals surface area contributed by atoms with Crippen molar-refractivity contribution in [1.82, 2.24) is 64.6 Å². The Bertz CT molecular complexity index is 2590. The summed E-state index contributed by atoms with van der Waals surface area (Å²) in [5.74, 6) is -0.471. The maximum absolute atomic E-state index is 14.7. The molecule has 0 aliphatic heterocycles. The molecule has 8 rings (SSSR count). The highest BCUT2D eigenvalue weighted by Gasteiger charge is 2.26. The lowest BCUT2D eigenvalue weighted by atomic mass is 10.1. The Labute approximate surface area is 313 Å². The van der Waals surface area contributed by atoms with Crippen LogP contribution in [-0.4, -0.2) is 76.5 Å². The molecule has 0 spiro atoms. The van der Waals surface area contributed by atoms with E-state index in [1.807, 2.05) is 32.2 Å². The number of carbonyl (C=O) groups excluding carboxylic acids is 2. The lowest BCUT2D eigenvalue weighted by molar-refractivity contribution is -0.119. The summed E-state index contributed by atoms with van der Waals surface area (Å²) in [5.41, 5.74) is 7.57. The Hall–Kier alpha value is -7.82. The van der Waals surface area contributed by atoms with Crippen LogP contribution in [0.4, 0.5) is 17.3 Å². The predicted octanol–water partition coefficient (Wildman–Crippen LogP) is 4.86. The van der Waals surface area contributed by atoms with E-state index in [1.165, 1.54) is 9.58 Å². The number of amides is 2. The highest BCUT2D eigenvalue weighted by molar-refractivity contribution is 6.05. The van der Waals surface area contributed by atoms with Crippen molar-refractivity contribution >= 4 is 29.1 Å². The molecule has 0 aliphatic rings. The summed E-state index contributed by atoms with van der Waals surface area (Å²) < 4.78 is 3.08. The van der Waals surface area contributed by atoms with Crippen LogP contribution < -0.4 is 10.2 Å². The fraction of sp³-hybridized carbons (Fsp3) is 0.105. The molecule has 0 fully saturated rings. The monoisotopic (exact) mass is 729 g/mol. The van der Waals surface area contributed by atoms with Gasteiger partial charge in [0.15, 0.2) is 5.82 Å². The van der Waals surface area contributed by atoms with Crippen LogP contribution in [0.25, 0.3) is 44.9 Å². The molecule has 0 aliphatic carbocycles. The van der Waals surface area contributed by atoms with Crippen LogP contribution in [0.2, 0.25) is 0 Å². The Morgan fingerprint density at radius 1 is 0.709 bits per heavy atom. The van der Waals surface area contributed by atoms with Gasteiger partial charge in [0.25, 0.3) is 5.91 Å². The molecule has 2 N–H and O–H groups in total. The van der Waals surface area contributed by atoms with Crippen molar-refractivity contribution in [2.75, 3.05) is 10.2 Å². The quantitative estimate of drug-likeness (QED) is 0.183. The fourth-order valence-corrected chi connectivity index (χ4v) is 5.93. The number of H-pyrrole nitrogens is 1. The first kappa shape index (κ1) is 34.3. The zero-order valence-corrected chi connectivity index (χ0v) is 29.5. The van der Waals surface area contributed by atoms with E-state index in [4.69, 9.17) is 10.1 Å². The number of rotatable bonds is 11. The average Bonchev–Trinajstić information content (AvgIpc) is 3.99. The molecule has 0 atom stereocenters. The number of aryl methyl sites for hydroxylation is 2. The minimum absolute atomic E-state index is 0.109. The number of aromatic amines is 1. The standard InChI is InChI=1S/C38H31N15O2/c1-24-20-52(50-37(24)26-5-6-41-25(2)11-26)23-36(55)53(34-4-3-27(13-44-34)31-18-39-7-9-42-31)33-12-28(32-19-40-8-10-43-32)14-45-38(33)49-35(54)22-51-21-30(17-48-51)29-15-46-47-16-29/h3-21H,22-23H2,1-2H3,(H,46,47)(H,45,49,54). The topological polar surface area (TPSA) is 204 Å². The fourth-order valence-electron chi connectivity index (χ4n) is 5.93. The highest BCUT2D eigenvalue weighted by atomic mass is 16.2. The summed E-state index contributed by atoms with van der Waals surface area (Å²) in [6.07, 6.45) is 23.0. The number of nitrogens with one attached hydrogen (secondary N) is 2. The Morgan fingerprint density at radius 3 is 2.22 bits per heavy atom. The van der Waals surface area contributed by atoms with Gasteiger partial charge in [0.2, 0.25) is 5.91 Å². The Balaban J connectivity index is 1.18. The van der Waals surface area contributed by atoms with Gasteiger partial charge in [0.1, 0.15) is 18.9 Å². The third-order valence-corrected chi connectivity index (χ3v) is 8.49. The molecule has 2 amide bonds. The molecule has 270 valence electrons. The third-order valence-electron chi connectivity index (χ3n) is 8.49. The second-order valence-corrected chi connectivity index (χ2v) is 12.4. The summed E-state index contributed by atoms with van der Waals surface area (Å²) in [7, 11) is 0. The number of carbonyl (C=O) groups is 2. The molecule has 8 aromatic rings. The first-order chi connectivity index (χ1) is 26.9. The van der Waals surface area contributed by atoms with Gasteiger partial charge in [-0.1, -0.05) is 0 Å². The van der Waals surface area contributed by atoms with Crippen molar-refractivity contribution in [3.63, 3.8) is 0 Å².